The van der Waals surface area contributed by atoms with Crippen LogP contribution in [0.3, 0.4) is 0 Å². The average molecular weight is 352 g/mol. The van der Waals surface area contributed by atoms with Gasteiger partial charge in [0.05, 0.1) is 23.3 Å². The number of rotatable bonds is 2. The number of aromatic amines is 1. The normalized spacial score (nSPS) is 20.7. The van der Waals surface area contributed by atoms with E-state index in [0.29, 0.717) is 0 Å². The molecule has 2 unspecified atom stereocenters. The number of alkyl halides is 3. The fourth-order valence-corrected chi connectivity index (χ4v) is 3.09. The second-order valence-electron chi connectivity index (χ2n) is 5.89. The van der Waals surface area contributed by atoms with Gasteiger partial charge in [-0.1, -0.05) is 18.2 Å². The predicted molar refractivity (Wildman–Crippen MR) is 82.9 cm³/mol. The van der Waals surface area contributed by atoms with Gasteiger partial charge in [-0.15, -0.1) is 0 Å². The first-order chi connectivity index (χ1) is 11.8. The monoisotopic (exact) mass is 352 g/mol. The van der Waals surface area contributed by atoms with Crippen molar-refractivity contribution in [1.29, 1.82) is 0 Å². The maximum atomic E-state index is 13.3. The number of nitrogens with one attached hydrogen (secondary N) is 1. The number of hydrogen-bond donors (Lipinski definition) is 2. The fourth-order valence-electron chi connectivity index (χ4n) is 3.09. The van der Waals surface area contributed by atoms with E-state index in [9.17, 15) is 27.9 Å². The molecule has 1 aromatic carbocycles. The Bertz CT molecular complexity index is 827. The van der Waals surface area contributed by atoms with Crippen LogP contribution in [0.5, 0.6) is 0 Å². The first kappa shape index (κ1) is 17.2. The summed E-state index contributed by atoms with van der Waals surface area (Å²) >= 11 is 0. The Morgan fingerprint density at radius 1 is 1.20 bits per heavy atom. The molecular formula is C17H15F3N2O3. The molecule has 1 aliphatic rings. The van der Waals surface area contributed by atoms with Crippen LogP contribution in [0, 0.1) is 0 Å². The van der Waals surface area contributed by atoms with E-state index in [-0.39, 0.29) is 24.1 Å². The Hall–Kier alpha value is -2.61. The van der Waals surface area contributed by atoms with E-state index in [1.807, 2.05) is 0 Å². The number of aliphatic hydroxyl groups excluding tert-OH is 1. The zero-order valence-corrected chi connectivity index (χ0v) is 13.0. The summed E-state index contributed by atoms with van der Waals surface area (Å²) in [4.78, 5) is 27.3. The molecule has 2 atom stereocenters. The van der Waals surface area contributed by atoms with Crippen LogP contribution in [-0.2, 0) is 6.18 Å². The predicted octanol–water partition coefficient (Wildman–Crippen LogP) is 2.34. The molecule has 0 aliphatic carbocycles. The Kier molecular flexibility index (Phi) is 4.38. The van der Waals surface area contributed by atoms with Gasteiger partial charge in [0.25, 0.3) is 5.91 Å². The molecule has 1 amide bonds. The lowest BCUT2D eigenvalue weighted by Crippen LogP contribution is -2.33. The number of aromatic nitrogens is 1. The first-order valence-electron chi connectivity index (χ1n) is 7.61. The van der Waals surface area contributed by atoms with E-state index in [2.05, 4.69) is 4.98 Å². The first-order valence-corrected chi connectivity index (χ1v) is 7.61. The summed E-state index contributed by atoms with van der Waals surface area (Å²) in [5.74, 6) is -0.547. The van der Waals surface area contributed by atoms with Crippen LogP contribution in [-0.4, -0.2) is 33.5 Å². The van der Waals surface area contributed by atoms with Crippen LogP contribution in [0.25, 0.3) is 0 Å². The molecule has 2 N–H and O–H groups in total. The number of nitrogens with zero attached hydrogens (tertiary/aromatic N) is 1. The molecule has 2 heterocycles. The molecule has 0 saturated carbocycles. The molecule has 1 saturated heterocycles. The molecule has 2 aromatic rings. The van der Waals surface area contributed by atoms with Gasteiger partial charge in [-0.3, -0.25) is 9.59 Å². The van der Waals surface area contributed by atoms with Crippen LogP contribution in [0.4, 0.5) is 13.2 Å². The number of carbonyl (C=O) groups is 1. The summed E-state index contributed by atoms with van der Waals surface area (Å²) in [5.41, 5.74) is -1.13. The van der Waals surface area contributed by atoms with Crippen molar-refractivity contribution in [3.63, 3.8) is 0 Å². The number of halogens is 3. The number of benzene rings is 1. The average Bonchev–Trinajstić information content (AvgIpc) is 2.96. The molecule has 0 bridgehead atoms. The largest absolute Gasteiger partial charge is 0.416 e. The summed E-state index contributed by atoms with van der Waals surface area (Å²) in [6, 6.07) is 6.61. The molecule has 1 fully saturated rings. The van der Waals surface area contributed by atoms with Crippen LogP contribution in [0.15, 0.2) is 47.4 Å². The number of H-pyrrole nitrogens is 1. The summed E-state index contributed by atoms with van der Waals surface area (Å²) in [7, 11) is 0. The third kappa shape index (κ3) is 3.43. The lowest BCUT2D eigenvalue weighted by molar-refractivity contribution is -0.138. The number of hydrogen-bond acceptors (Lipinski definition) is 3. The van der Waals surface area contributed by atoms with Crippen molar-refractivity contribution in [2.45, 2.75) is 24.7 Å². The molecule has 1 aromatic heterocycles. The fraction of sp³-hybridized carbons (Fsp3) is 0.294. The van der Waals surface area contributed by atoms with E-state index < -0.39 is 35.4 Å². The molecular weight excluding hydrogens is 337 g/mol. The number of likely N-dealkylation sites (tertiary alicyclic amines) is 1. The Labute approximate surface area is 140 Å². The van der Waals surface area contributed by atoms with Crippen LogP contribution in [0.2, 0.25) is 0 Å². The Balaban J connectivity index is 2.00. The van der Waals surface area contributed by atoms with E-state index in [4.69, 9.17) is 0 Å². The topological polar surface area (TPSA) is 73.4 Å². The van der Waals surface area contributed by atoms with Crippen molar-refractivity contribution in [3.8, 4) is 0 Å². The number of carbonyl (C=O) groups excluding carboxylic acids is 1. The Morgan fingerprint density at radius 3 is 2.56 bits per heavy atom. The summed E-state index contributed by atoms with van der Waals surface area (Å²) in [6.07, 6.45) is -4.25. The van der Waals surface area contributed by atoms with Gasteiger partial charge in [0.15, 0.2) is 0 Å². The molecule has 1 aliphatic heterocycles. The summed E-state index contributed by atoms with van der Waals surface area (Å²) in [6.45, 7) is -0.0746. The van der Waals surface area contributed by atoms with Gasteiger partial charge < -0.3 is 15.0 Å². The van der Waals surface area contributed by atoms with E-state index >= 15 is 0 Å². The van der Waals surface area contributed by atoms with Gasteiger partial charge >= 0.3 is 6.18 Å². The molecule has 0 spiro atoms. The van der Waals surface area contributed by atoms with Crippen LogP contribution >= 0.6 is 0 Å². The van der Waals surface area contributed by atoms with Gasteiger partial charge in [-0.05, 0) is 24.1 Å². The second-order valence-corrected chi connectivity index (χ2v) is 5.89. The van der Waals surface area contributed by atoms with Gasteiger partial charge in [0, 0.05) is 18.8 Å². The zero-order chi connectivity index (χ0) is 18.2. The highest BCUT2D eigenvalue weighted by molar-refractivity contribution is 5.94. The van der Waals surface area contributed by atoms with Crippen molar-refractivity contribution < 1.29 is 23.1 Å². The quantitative estimate of drug-likeness (QED) is 0.871. The van der Waals surface area contributed by atoms with Crippen molar-refractivity contribution in [2.75, 3.05) is 6.54 Å². The molecule has 0 radical (unpaired) electrons. The lowest BCUT2D eigenvalue weighted by atomic mass is 9.97. The number of pyridine rings is 1. The van der Waals surface area contributed by atoms with Crippen molar-refractivity contribution in [1.82, 2.24) is 9.88 Å². The third-order valence-corrected chi connectivity index (χ3v) is 4.20. The third-order valence-electron chi connectivity index (χ3n) is 4.20. The SMILES string of the molecule is O=C(c1ccc(=O)[nH]c1)N1CC(O)CC1c1ccccc1C(F)(F)F. The van der Waals surface area contributed by atoms with Crippen molar-refractivity contribution in [2.24, 2.45) is 0 Å². The molecule has 8 heteroatoms. The van der Waals surface area contributed by atoms with Crippen LogP contribution < -0.4 is 5.56 Å². The standard InChI is InChI=1S/C17H15F3N2O3/c18-17(19,20)13-4-2-1-3-12(13)14-7-11(23)9-22(14)16(25)10-5-6-15(24)21-8-10/h1-6,8,11,14,23H,7,9H2,(H,21,24). The molecule has 5 nitrogen and oxygen atoms in total. The smallest absolute Gasteiger partial charge is 0.391 e. The second kappa shape index (κ2) is 6.36. The minimum absolute atomic E-state index is 0.0161. The number of amides is 1. The van der Waals surface area contributed by atoms with Crippen molar-refractivity contribution >= 4 is 5.91 Å². The van der Waals surface area contributed by atoms with Crippen LogP contribution in [0.1, 0.15) is 33.9 Å². The summed E-state index contributed by atoms with van der Waals surface area (Å²) < 4.78 is 39.9. The van der Waals surface area contributed by atoms with E-state index in [0.717, 1.165) is 6.07 Å². The van der Waals surface area contributed by atoms with Gasteiger partial charge in [0.1, 0.15) is 0 Å². The molecule has 25 heavy (non-hydrogen) atoms. The van der Waals surface area contributed by atoms with E-state index in [1.165, 1.54) is 41.4 Å². The van der Waals surface area contributed by atoms with Gasteiger partial charge in [-0.25, -0.2) is 0 Å². The zero-order valence-electron chi connectivity index (χ0n) is 13.0. The van der Waals surface area contributed by atoms with E-state index in [1.54, 1.807) is 0 Å². The maximum Gasteiger partial charge on any atom is 0.416 e. The van der Waals surface area contributed by atoms with Crippen molar-refractivity contribution in [3.05, 3.63) is 69.6 Å². The number of aliphatic hydroxyl groups is 1. The highest BCUT2D eigenvalue weighted by Crippen LogP contribution is 2.40. The van der Waals surface area contributed by atoms with Gasteiger partial charge in [0.2, 0.25) is 5.56 Å². The molecule has 3 rings (SSSR count). The highest BCUT2D eigenvalue weighted by Gasteiger charge is 2.41. The highest BCUT2D eigenvalue weighted by atomic mass is 19.4. The minimum Gasteiger partial charge on any atom is -0.391 e. The Morgan fingerprint density at radius 2 is 1.92 bits per heavy atom. The molecule has 132 valence electrons. The minimum atomic E-state index is -4.56. The maximum absolute atomic E-state index is 13.3. The number of β-amino-alcohol motifs (C(OH)–C–C–N with tert-alkyl or cyclic N) is 1. The lowest BCUT2D eigenvalue weighted by Gasteiger charge is -2.27. The van der Waals surface area contributed by atoms with Gasteiger partial charge in [-0.2, -0.15) is 13.2 Å². The summed E-state index contributed by atoms with van der Waals surface area (Å²) in [5, 5.41) is 9.93.